The fourth-order valence-electron chi connectivity index (χ4n) is 2.49. The van der Waals surface area contributed by atoms with Crippen molar-refractivity contribution in [2.75, 3.05) is 6.54 Å². The van der Waals surface area contributed by atoms with E-state index in [1.165, 1.54) is 4.90 Å². The number of nitrogens with zero attached hydrogens (tertiary/aromatic N) is 2. The number of halogens is 1. The molecular weight excluding hydrogens is 449 g/mol. The minimum absolute atomic E-state index is 0.0425. The van der Waals surface area contributed by atoms with Crippen LogP contribution >= 0.6 is 34.8 Å². The summed E-state index contributed by atoms with van der Waals surface area (Å²) >= 11 is 7.29. The van der Waals surface area contributed by atoms with E-state index in [1.807, 2.05) is 47.2 Å². The Hall–Kier alpha value is -2.26. The maximum Gasteiger partial charge on any atom is 0.266 e. The summed E-state index contributed by atoms with van der Waals surface area (Å²) in [5.74, 6) is -0.922. The summed E-state index contributed by atoms with van der Waals surface area (Å²) in [6.45, 7) is 3.86. The first kappa shape index (κ1) is 17.6. The van der Waals surface area contributed by atoms with Gasteiger partial charge in [0.05, 0.1) is 0 Å². The van der Waals surface area contributed by atoms with Crippen molar-refractivity contribution in [3.8, 4) is 5.69 Å². The molecule has 1 N–H and O–H groups in total. The predicted octanol–water partition coefficient (Wildman–Crippen LogP) is 2.89. The molecule has 7 heteroatoms. The summed E-state index contributed by atoms with van der Waals surface area (Å²) in [7, 11) is 0. The minimum atomic E-state index is -0.495. The van der Waals surface area contributed by atoms with Crippen molar-refractivity contribution < 1.29 is 9.59 Å². The van der Waals surface area contributed by atoms with Gasteiger partial charge in [0.2, 0.25) is 0 Å². The molecule has 0 radical (unpaired) electrons. The molecule has 2 amide bonds. The zero-order valence-electron chi connectivity index (χ0n) is 13.1. The number of amides is 2. The summed E-state index contributed by atoms with van der Waals surface area (Å²) in [5, 5.41) is 2.64. The fraction of sp³-hybridized carbons (Fsp3) is 0.0556. The van der Waals surface area contributed by atoms with Crippen molar-refractivity contribution in [1.29, 1.82) is 0 Å². The topological polar surface area (TPSA) is 54.3 Å². The van der Waals surface area contributed by atoms with Gasteiger partial charge in [-0.1, -0.05) is 6.08 Å². The number of aromatic nitrogens is 1. The van der Waals surface area contributed by atoms with Crippen LogP contribution in [-0.4, -0.2) is 32.9 Å². The zero-order chi connectivity index (χ0) is 18.0. The van der Waals surface area contributed by atoms with Crippen molar-refractivity contribution in [3.05, 3.63) is 70.1 Å². The smallest absolute Gasteiger partial charge is 0.266 e. The highest BCUT2D eigenvalue weighted by Gasteiger charge is 2.32. The molecule has 2 heterocycles. The van der Waals surface area contributed by atoms with Crippen molar-refractivity contribution in [2.45, 2.75) is 0 Å². The molecule has 126 valence electrons. The third-order valence-electron chi connectivity index (χ3n) is 3.67. The van der Waals surface area contributed by atoms with E-state index in [2.05, 4.69) is 34.5 Å². The Balaban J connectivity index is 2.00. The third-order valence-corrected chi connectivity index (χ3v) is 4.72. The van der Waals surface area contributed by atoms with Crippen molar-refractivity contribution >= 4 is 57.8 Å². The SMILES string of the molecule is C=CCN1C(=O)/C(=C/c2cccn2-c2ccc(I)cc2)C(=O)NC1=S. The van der Waals surface area contributed by atoms with E-state index in [-0.39, 0.29) is 17.2 Å². The monoisotopic (exact) mass is 463 g/mol. The summed E-state index contributed by atoms with van der Waals surface area (Å²) in [5.41, 5.74) is 1.71. The highest BCUT2D eigenvalue weighted by atomic mass is 127. The van der Waals surface area contributed by atoms with E-state index in [0.29, 0.717) is 0 Å². The largest absolute Gasteiger partial charge is 0.317 e. The van der Waals surface area contributed by atoms with Crippen LogP contribution in [0.15, 0.2) is 60.8 Å². The summed E-state index contributed by atoms with van der Waals surface area (Å²) in [6, 6.07) is 11.7. The van der Waals surface area contributed by atoms with Crippen LogP contribution in [0.1, 0.15) is 5.69 Å². The van der Waals surface area contributed by atoms with Crippen LogP contribution < -0.4 is 5.32 Å². The lowest BCUT2D eigenvalue weighted by Gasteiger charge is -2.27. The number of thiocarbonyl (C=S) groups is 1. The van der Waals surface area contributed by atoms with Crippen LogP contribution in [0, 0.1) is 3.57 Å². The summed E-state index contributed by atoms with van der Waals surface area (Å²) < 4.78 is 3.04. The standard InChI is InChI=1S/C18H14IN3O2S/c1-2-9-22-17(24)15(16(23)20-18(22)25)11-14-4-3-10-21(14)13-7-5-12(19)6-8-13/h2-8,10-11H,1,9H2,(H,20,23,25)/b15-11+. The van der Waals surface area contributed by atoms with Crippen LogP contribution in [0.4, 0.5) is 0 Å². The van der Waals surface area contributed by atoms with E-state index in [0.717, 1.165) is 15.0 Å². The summed E-state index contributed by atoms with van der Waals surface area (Å²) in [4.78, 5) is 26.2. The van der Waals surface area contributed by atoms with Gasteiger partial charge in [0.1, 0.15) is 5.57 Å². The third kappa shape index (κ3) is 3.57. The molecule has 1 aromatic heterocycles. The Morgan fingerprint density at radius 1 is 1.20 bits per heavy atom. The van der Waals surface area contributed by atoms with Crippen LogP contribution in [0.3, 0.4) is 0 Å². The average Bonchev–Trinajstić information content (AvgIpc) is 3.04. The first-order chi connectivity index (χ1) is 12.0. The minimum Gasteiger partial charge on any atom is -0.317 e. The molecule has 5 nitrogen and oxygen atoms in total. The van der Waals surface area contributed by atoms with Gasteiger partial charge in [0.15, 0.2) is 5.11 Å². The molecule has 0 saturated carbocycles. The van der Waals surface area contributed by atoms with Crippen molar-refractivity contribution in [3.63, 3.8) is 0 Å². The van der Waals surface area contributed by atoms with Gasteiger partial charge in [-0.25, -0.2) is 0 Å². The van der Waals surface area contributed by atoms with E-state index < -0.39 is 11.8 Å². The maximum absolute atomic E-state index is 12.6. The lowest BCUT2D eigenvalue weighted by Crippen LogP contribution is -2.53. The number of rotatable bonds is 4. The molecule has 1 aliphatic heterocycles. The molecule has 1 aliphatic rings. The van der Waals surface area contributed by atoms with E-state index >= 15 is 0 Å². The van der Waals surface area contributed by atoms with Crippen molar-refractivity contribution in [1.82, 2.24) is 14.8 Å². The maximum atomic E-state index is 12.6. The second kappa shape index (κ2) is 7.32. The van der Waals surface area contributed by atoms with Gasteiger partial charge in [-0.3, -0.25) is 19.8 Å². The molecule has 2 aromatic rings. The number of carbonyl (C=O) groups is 2. The molecule has 0 spiro atoms. The number of benzene rings is 1. The van der Waals surface area contributed by atoms with Gasteiger partial charge in [-0.2, -0.15) is 0 Å². The van der Waals surface area contributed by atoms with E-state index in [1.54, 1.807) is 12.2 Å². The van der Waals surface area contributed by atoms with Crippen LogP contribution in [0.5, 0.6) is 0 Å². The molecular formula is C18H14IN3O2S. The van der Waals surface area contributed by atoms with E-state index in [4.69, 9.17) is 12.2 Å². The Morgan fingerprint density at radius 3 is 2.60 bits per heavy atom. The highest BCUT2D eigenvalue weighted by Crippen LogP contribution is 2.19. The number of carbonyl (C=O) groups excluding carboxylic acids is 2. The van der Waals surface area contributed by atoms with Gasteiger partial charge < -0.3 is 4.57 Å². The van der Waals surface area contributed by atoms with Crippen molar-refractivity contribution in [2.24, 2.45) is 0 Å². The molecule has 1 fully saturated rings. The van der Waals surface area contributed by atoms with E-state index in [9.17, 15) is 9.59 Å². The van der Waals surface area contributed by atoms with Crippen LogP contribution in [-0.2, 0) is 9.59 Å². The molecule has 0 unspecified atom stereocenters. The lowest BCUT2D eigenvalue weighted by atomic mass is 10.1. The molecule has 25 heavy (non-hydrogen) atoms. The zero-order valence-corrected chi connectivity index (χ0v) is 16.1. The second-order valence-electron chi connectivity index (χ2n) is 5.30. The van der Waals surface area contributed by atoms with Crippen LogP contribution in [0.2, 0.25) is 0 Å². The van der Waals surface area contributed by atoms with Gasteiger partial charge >= 0.3 is 0 Å². The van der Waals surface area contributed by atoms with Gasteiger partial charge in [-0.05, 0) is 77.3 Å². The lowest BCUT2D eigenvalue weighted by molar-refractivity contribution is -0.128. The average molecular weight is 463 g/mol. The molecule has 0 atom stereocenters. The molecule has 0 bridgehead atoms. The van der Waals surface area contributed by atoms with Crippen LogP contribution in [0.25, 0.3) is 11.8 Å². The Morgan fingerprint density at radius 2 is 1.92 bits per heavy atom. The first-order valence-electron chi connectivity index (χ1n) is 7.44. The Bertz CT molecular complexity index is 899. The number of hydrogen-bond donors (Lipinski definition) is 1. The van der Waals surface area contributed by atoms with Gasteiger partial charge in [0, 0.05) is 27.7 Å². The fourth-order valence-corrected chi connectivity index (χ4v) is 3.10. The Kier molecular flexibility index (Phi) is 5.14. The Labute approximate surface area is 164 Å². The highest BCUT2D eigenvalue weighted by molar-refractivity contribution is 14.1. The molecule has 3 rings (SSSR count). The first-order valence-corrected chi connectivity index (χ1v) is 8.93. The molecule has 1 aromatic carbocycles. The molecule has 0 aliphatic carbocycles. The normalized spacial score (nSPS) is 16.3. The summed E-state index contributed by atoms with van der Waals surface area (Å²) in [6.07, 6.45) is 5.02. The quantitative estimate of drug-likeness (QED) is 0.250. The number of nitrogens with one attached hydrogen (secondary N) is 1. The van der Waals surface area contributed by atoms with Gasteiger partial charge in [-0.15, -0.1) is 6.58 Å². The predicted molar refractivity (Wildman–Crippen MR) is 109 cm³/mol. The second-order valence-corrected chi connectivity index (χ2v) is 6.93. The molecule has 1 saturated heterocycles. The number of hydrogen-bond acceptors (Lipinski definition) is 3. The van der Waals surface area contributed by atoms with Gasteiger partial charge in [0.25, 0.3) is 11.8 Å².